The second-order valence-corrected chi connectivity index (χ2v) is 7.11. The molecule has 0 radical (unpaired) electrons. The Labute approximate surface area is 161 Å². The number of hydrogen-bond acceptors (Lipinski definition) is 4. The van der Waals surface area contributed by atoms with E-state index in [1.54, 1.807) is 12.1 Å². The number of ether oxygens (including phenoxy) is 1. The van der Waals surface area contributed by atoms with E-state index in [9.17, 15) is 9.90 Å². The highest BCUT2D eigenvalue weighted by Crippen LogP contribution is 2.26. The van der Waals surface area contributed by atoms with Gasteiger partial charge in [-0.3, -0.25) is 9.69 Å². The Hall–Kier alpha value is -2.53. The number of nitrogens with zero attached hydrogens (tertiary/aromatic N) is 1. The van der Waals surface area contributed by atoms with Crippen LogP contribution in [0, 0.1) is 0 Å². The molecule has 1 aliphatic rings. The SMILES string of the molecule is COc1cc(CCC(=O)NC2CCN(Cc3ccccc3)CC2)ccc1O. The first kappa shape index (κ1) is 19.2. The molecule has 1 aliphatic heterocycles. The fourth-order valence-electron chi connectivity index (χ4n) is 3.51. The summed E-state index contributed by atoms with van der Waals surface area (Å²) >= 11 is 0. The minimum Gasteiger partial charge on any atom is -0.504 e. The second-order valence-electron chi connectivity index (χ2n) is 7.11. The zero-order valence-corrected chi connectivity index (χ0v) is 15.9. The van der Waals surface area contributed by atoms with Crippen LogP contribution >= 0.6 is 0 Å². The summed E-state index contributed by atoms with van der Waals surface area (Å²) in [7, 11) is 1.52. The van der Waals surface area contributed by atoms with Crippen molar-refractivity contribution in [2.75, 3.05) is 20.2 Å². The molecule has 0 aromatic heterocycles. The van der Waals surface area contributed by atoms with E-state index in [1.807, 2.05) is 12.1 Å². The van der Waals surface area contributed by atoms with Crippen molar-refractivity contribution in [2.45, 2.75) is 38.3 Å². The molecule has 0 spiro atoms. The quantitative estimate of drug-likeness (QED) is 0.788. The molecule has 1 heterocycles. The third kappa shape index (κ3) is 5.73. The number of carbonyl (C=O) groups is 1. The number of amides is 1. The van der Waals surface area contributed by atoms with Crippen LogP contribution in [0.25, 0.3) is 0 Å². The maximum absolute atomic E-state index is 12.3. The van der Waals surface area contributed by atoms with E-state index in [0.29, 0.717) is 18.6 Å². The Morgan fingerprint density at radius 2 is 1.89 bits per heavy atom. The molecule has 2 aromatic carbocycles. The Bertz CT molecular complexity index is 740. The van der Waals surface area contributed by atoms with E-state index in [0.717, 1.165) is 38.0 Å². The van der Waals surface area contributed by atoms with Gasteiger partial charge in [0.05, 0.1) is 7.11 Å². The molecule has 0 atom stereocenters. The maximum atomic E-state index is 12.3. The number of nitrogens with one attached hydrogen (secondary N) is 1. The van der Waals surface area contributed by atoms with Crippen molar-refractivity contribution < 1.29 is 14.6 Å². The molecule has 0 bridgehead atoms. The predicted octanol–water partition coefficient (Wildman–Crippen LogP) is 3.11. The van der Waals surface area contributed by atoms with Gasteiger partial charge in [0.15, 0.2) is 11.5 Å². The van der Waals surface area contributed by atoms with E-state index >= 15 is 0 Å². The minimum atomic E-state index is 0.0866. The number of phenolic OH excluding ortho intramolecular Hbond substituents is 1. The molecule has 5 nitrogen and oxygen atoms in total. The molecule has 0 aliphatic carbocycles. The summed E-state index contributed by atoms with van der Waals surface area (Å²) < 4.78 is 5.11. The van der Waals surface area contributed by atoms with Gasteiger partial charge in [0.25, 0.3) is 0 Å². The topological polar surface area (TPSA) is 61.8 Å². The molecule has 27 heavy (non-hydrogen) atoms. The van der Waals surface area contributed by atoms with Crippen LogP contribution in [-0.4, -0.2) is 42.2 Å². The van der Waals surface area contributed by atoms with Crippen molar-refractivity contribution in [1.29, 1.82) is 0 Å². The zero-order chi connectivity index (χ0) is 19.1. The van der Waals surface area contributed by atoms with Gasteiger partial charge in [-0.25, -0.2) is 0 Å². The van der Waals surface area contributed by atoms with E-state index in [1.165, 1.54) is 12.7 Å². The van der Waals surface area contributed by atoms with Crippen LogP contribution in [0.3, 0.4) is 0 Å². The third-order valence-electron chi connectivity index (χ3n) is 5.09. The van der Waals surface area contributed by atoms with Gasteiger partial charge >= 0.3 is 0 Å². The van der Waals surface area contributed by atoms with Crippen LogP contribution in [0.5, 0.6) is 11.5 Å². The van der Waals surface area contributed by atoms with Gasteiger partial charge in [-0.1, -0.05) is 36.4 Å². The monoisotopic (exact) mass is 368 g/mol. The first-order valence-electron chi connectivity index (χ1n) is 9.55. The summed E-state index contributed by atoms with van der Waals surface area (Å²) in [4.78, 5) is 14.7. The van der Waals surface area contributed by atoms with Crippen LogP contribution in [0.4, 0.5) is 0 Å². The van der Waals surface area contributed by atoms with E-state index in [4.69, 9.17) is 4.74 Å². The number of likely N-dealkylation sites (tertiary alicyclic amines) is 1. The molecule has 1 saturated heterocycles. The van der Waals surface area contributed by atoms with Gasteiger partial charge < -0.3 is 15.2 Å². The summed E-state index contributed by atoms with van der Waals surface area (Å²) in [6, 6.07) is 16.0. The maximum Gasteiger partial charge on any atom is 0.220 e. The van der Waals surface area contributed by atoms with Gasteiger partial charge in [0, 0.05) is 32.1 Å². The largest absolute Gasteiger partial charge is 0.504 e. The van der Waals surface area contributed by atoms with Crippen molar-refractivity contribution >= 4 is 5.91 Å². The number of hydrogen-bond donors (Lipinski definition) is 2. The molecule has 2 aromatic rings. The summed E-state index contributed by atoms with van der Waals surface area (Å²) in [5.41, 5.74) is 2.32. The Balaban J connectivity index is 1.39. The summed E-state index contributed by atoms with van der Waals surface area (Å²) in [5.74, 6) is 0.648. The van der Waals surface area contributed by atoms with Crippen molar-refractivity contribution in [1.82, 2.24) is 10.2 Å². The molecule has 0 unspecified atom stereocenters. The Morgan fingerprint density at radius 3 is 2.59 bits per heavy atom. The highest BCUT2D eigenvalue weighted by atomic mass is 16.5. The van der Waals surface area contributed by atoms with Gasteiger partial charge in [0.1, 0.15) is 0 Å². The fourth-order valence-corrected chi connectivity index (χ4v) is 3.51. The number of benzene rings is 2. The lowest BCUT2D eigenvalue weighted by molar-refractivity contribution is -0.122. The summed E-state index contributed by atoms with van der Waals surface area (Å²) in [5, 5.41) is 12.8. The molecule has 144 valence electrons. The molecule has 2 N–H and O–H groups in total. The van der Waals surface area contributed by atoms with E-state index in [2.05, 4.69) is 34.5 Å². The molecule has 5 heteroatoms. The van der Waals surface area contributed by atoms with Gasteiger partial charge in [-0.15, -0.1) is 0 Å². The molecule has 0 saturated carbocycles. The number of phenols is 1. The molecule has 1 amide bonds. The summed E-state index contributed by atoms with van der Waals surface area (Å²) in [6.45, 7) is 2.99. The normalized spacial score (nSPS) is 15.4. The van der Waals surface area contributed by atoms with Crippen molar-refractivity contribution in [2.24, 2.45) is 0 Å². The lowest BCUT2D eigenvalue weighted by Gasteiger charge is -2.32. The van der Waals surface area contributed by atoms with Gasteiger partial charge in [0.2, 0.25) is 5.91 Å². The molecule has 1 fully saturated rings. The number of carbonyl (C=O) groups excluding carboxylic acids is 1. The van der Waals surface area contributed by atoms with Crippen LogP contribution in [0.15, 0.2) is 48.5 Å². The predicted molar refractivity (Wildman–Crippen MR) is 106 cm³/mol. The van der Waals surface area contributed by atoms with Crippen LogP contribution in [0.2, 0.25) is 0 Å². The number of rotatable bonds is 7. The number of piperidine rings is 1. The highest BCUT2D eigenvalue weighted by Gasteiger charge is 2.20. The first-order valence-corrected chi connectivity index (χ1v) is 9.55. The lowest BCUT2D eigenvalue weighted by atomic mass is 10.0. The van der Waals surface area contributed by atoms with Crippen LogP contribution in [-0.2, 0) is 17.8 Å². The van der Waals surface area contributed by atoms with E-state index in [-0.39, 0.29) is 17.7 Å². The lowest BCUT2D eigenvalue weighted by Crippen LogP contribution is -2.44. The van der Waals surface area contributed by atoms with Crippen LogP contribution < -0.4 is 10.1 Å². The van der Waals surface area contributed by atoms with Crippen molar-refractivity contribution in [3.63, 3.8) is 0 Å². The van der Waals surface area contributed by atoms with Crippen molar-refractivity contribution in [3.05, 3.63) is 59.7 Å². The third-order valence-corrected chi connectivity index (χ3v) is 5.09. The number of aryl methyl sites for hydroxylation is 1. The smallest absolute Gasteiger partial charge is 0.220 e. The Morgan fingerprint density at radius 1 is 1.15 bits per heavy atom. The average molecular weight is 368 g/mol. The van der Waals surface area contributed by atoms with Crippen LogP contribution in [0.1, 0.15) is 30.4 Å². The minimum absolute atomic E-state index is 0.0866. The van der Waals surface area contributed by atoms with E-state index < -0.39 is 0 Å². The average Bonchev–Trinajstić information content (AvgIpc) is 2.69. The highest BCUT2D eigenvalue weighted by molar-refractivity contribution is 5.76. The molecule has 3 rings (SSSR count). The standard InChI is InChI=1S/C22H28N2O3/c1-27-21-15-17(7-9-20(21)25)8-10-22(26)23-19-11-13-24(14-12-19)16-18-5-3-2-4-6-18/h2-7,9,15,19,25H,8,10-14,16H2,1H3,(H,23,26). The second kappa shape index (κ2) is 9.42. The van der Waals surface area contributed by atoms with Crippen molar-refractivity contribution in [3.8, 4) is 11.5 Å². The molecular formula is C22H28N2O3. The Kier molecular flexibility index (Phi) is 6.71. The number of methoxy groups -OCH3 is 1. The fraction of sp³-hybridized carbons (Fsp3) is 0.409. The van der Waals surface area contributed by atoms with Gasteiger partial charge in [-0.2, -0.15) is 0 Å². The first-order chi connectivity index (χ1) is 13.1. The molecular weight excluding hydrogens is 340 g/mol. The zero-order valence-electron chi connectivity index (χ0n) is 15.9. The summed E-state index contributed by atoms with van der Waals surface area (Å²) in [6.07, 6.45) is 3.06. The number of aromatic hydroxyl groups is 1. The van der Waals surface area contributed by atoms with Gasteiger partial charge in [-0.05, 0) is 42.5 Å².